The normalized spacial score (nSPS) is 14.2. The summed E-state index contributed by atoms with van der Waals surface area (Å²) in [5.41, 5.74) is 10.7. The van der Waals surface area contributed by atoms with E-state index >= 15 is 0 Å². The van der Waals surface area contributed by atoms with E-state index in [1.165, 1.54) is 29.4 Å². The molecule has 32 heavy (non-hydrogen) atoms. The van der Waals surface area contributed by atoms with Crippen LogP contribution >= 0.6 is 11.8 Å². The van der Waals surface area contributed by atoms with Crippen LogP contribution in [0, 0.1) is 0 Å². The Kier molecular flexibility index (Phi) is 6.21. The molecule has 0 bridgehead atoms. The van der Waals surface area contributed by atoms with Crippen molar-refractivity contribution in [1.29, 1.82) is 0 Å². The van der Waals surface area contributed by atoms with Gasteiger partial charge in [-0.05, 0) is 69.2 Å². The number of rotatable bonds is 7. The predicted molar refractivity (Wildman–Crippen MR) is 128 cm³/mol. The van der Waals surface area contributed by atoms with Crippen LogP contribution in [0.1, 0.15) is 50.8 Å². The van der Waals surface area contributed by atoms with Gasteiger partial charge in [-0.25, -0.2) is 28.1 Å². The molecular weight excluding hydrogens is 444 g/mol. The molecule has 1 aromatic carbocycles. The maximum Gasteiger partial charge on any atom is 0.213 e. The van der Waals surface area contributed by atoms with Gasteiger partial charge in [0.05, 0.1) is 5.75 Å². The van der Waals surface area contributed by atoms with Crippen LogP contribution in [0.4, 0.5) is 5.82 Å². The number of imidazole rings is 1. The van der Waals surface area contributed by atoms with Crippen LogP contribution in [0.3, 0.4) is 0 Å². The maximum absolute atomic E-state index is 12.6. The number of nitrogens with zero attached hydrogens (tertiary/aromatic N) is 4. The Hall–Kier alpha value is -2.17. The number of nitrogen functional groups attached to an aromatic ring is 1. The summed E-state index contributed by atoms with van der Waals surface area (Å²) < 4.78 is 29.8. The molecule has 0 saturated heterocycles. The second-order valence-electron chi connectivity index (χ2n) is 9.19. The second kappa shape index (κ2) is 8.64. The SMILES string of the molecule is CCc1cc2c(cc1Sc1nc3c(N)ncnc3n1CCS(=O)(=O)NC(C)(C)C)CCC2. The van der Waals surface area contributed by atoms with Crippen molar-refractivity contribution in [2.75, 3.05) is 11.5 Å². The van der Waals surface area contributed by atoms with Crippen molar-refractivity contribution in [2.45, 2.75) is 75.5 Å². The zero-order valence-electron chi connectivity index (χ0n) is 19.0. The maximum atomic E-state index is 12.6. The summed E-state index contributed by atoms with van der Waals surface area (Å²) in [7, 11) is -3.49. The molecule has 0 atom stereocenters. The summed E-state index contributed by atoms with van der Waals surface area (Å²) in [4.78, 5) is 14.3. The Bertz CT molecular complexity index is 1260. The summed E-state index contributed by atoms with van der Waals surface area (Å²) in [6, 6.07) is 4.58. The number of nitrogens with two attached hydrogens (primary N) is 1. The average molecular weight is 475 g/mol. The standard InChI is InChI=1S/C22H30N6O2S2/c1-5-14-11-15-7-6-8-16(15)12-17(14)31-21-26-18-19(23)24-13-25-20(18)28(21)9-10-32(29,30)27-22(2,3)4/h11-13,27H,5-10H2,1-4H3,(H2,23,24,25). The fraction of sp³-hybridized carbons (Fsp3) is 0.500. The molecule has 0 radical (unpaired) electrons. The number of aryl methyl sites for hydroxylation is 4. The molecule has 0 fully saturated rings. The molecule has 2 heterocycles. The van der Waals surface area contributed by atoms with Gasteiger partial charge in [0.25, 0.3) is 0 Å². The molecule has 0 aliphatic heterocycles. The van der Waals surface area contributed by atoms with Crippen LogP contribution in [-0.4, -0.2) is 39.2 Å². The van der Waals surface area contributed by atoms with E-state index in [0.29, 0.717) is 16.3 Å². The van der Waals surface area contributed by atoms with Crippen molar-refractivity contribution in [1.82, 2.24) is 24.2 Å². The lowest BCUT2D eigenvalue weighted by Gasteiger charge is -2.20. The molecule has 1 aliphatic rings. The fourth-order valence-electron chi connectivity index (χ4n) is 4.06. The zero-order valence-corrected chi connectivity index (χ0v) is 20.6. The molecule has 0 unspecified atom stereocenters. The zero-order chi connectivity index (χ0) is 23.1. The molecule has 172 valence electrons. The molecule has 0 saturated carbocycles. The number of hydrogen-bond acceptors (Lipinski definition) is 7. The first-order valence-corrected chi connectivity index (χ1v) is 13.3. The van der Waals surface area contributed by atoms with E-state index in [1.807, 2.05) is 25.3 Å². The highest BCUT2D eigenvalue weighted by atomic mass is 32.2. The second-order valence-corrected chi connectivity index (χ2v) is 12.0. The van der Waals surface area contributed by atoms with Crippen molar-refractivity contribution < 1.29 is 8.42 Å². The molecule has 2 aromatic heterocycles. The third-order valence-corrected chi connectivity index (χ3v) is 8.17. The molecule has 3 N–H and O–H groups in total. The molecule has 8 nitrogen and oxygen atoms in total. The van der Waals surface area contributed by atoms with Crippen molar-refractivity contribution >= 4 is 38.8 Å². The Morgan fingerprint density at radius 1 is 1.19 bits per heavy atom. The molecule has 3 aromatic rings. The number of anilines is 1. The van der Waals surface area contributed by atoms with Crippen molar-refractivity contribution in [2.24, 2.45) is 0 Å². The summed E-state index contributed by atoms with van der Waals surface area (Å²) in [5, 5.41) is 0.672. The third-order valence-electron chi connectivity index (χ3n) is 5.43. The Morgan fingerprint density at radius 3 is 2.59 bits per heavy atom. The van der Waals surface area contributed by atoms with E-state index in [-0.39, 0.29) is 18.1 Å². The number of benzene rings is 1. The topological polar surface area (TPSA) is 116 Å². The van der Waals surface area contributed by atoms with E-state index in [1.54, 1.807) is 11.8 Å². The smallest absolute Gasteiger partial charge is 0.213 e. The molecule has 10 heteroatoms. The Balaban J connectivity index is 1.72. The predicted octanol–water partition coefficient (Wildman–Crippen LogP) is 3.33. The summed E-state index contributed by atoms with van der Waals surface area (Å²) >= 11 is 1.54. The lowest BCUT2D eigenvalue weighted by Crippen LogP contribution is -2.42. The van der Waals surface area contributed by atoms with Crippen LogP contribution in [0.15, 0.2) is 28.5 Å². The van der Waals surface area contributed by atoms with Gasteiger partial charge < -0.3 is 10.3 Å². The lowest BCUT2D eigenvalue weighted by atomic mass is 10.0. The summed E-state index contributed by atoms with van der Waals surface area (Å²) in [6.07, 6.45) is 5.73. The van der Waals surface area contributed by atoms with Crippen LogP contribution in [0.25, 0.3) is 11.2 Å². The molecule has 1 aliphatic carbocycles. The quantitative estimate of drug-likeness (QED) is 0.539. The molecule has 0 amide bonds. The van der Waals surface area contributed by atoms with Gasteiger partial charge in [-0.2, -0.15) is 0 Å². The van der Waals surface area contributed by atoms with Gasteiger partial charge >= 0.3 is 0 Å². The van der Waals surface area contributed by atoms with Crippen LogP contribution in [0.5, 0.6) is 0 Å². The van der Waals surface area contributed by atoms with Gasteiger partial charge in [0.2, 0.25) is 10.0 Å². The largest absolute Gasteiger partial charge is 0.382 e. The minimum absolute atomic E-state index is 0.0853. The van der Waals surface area contributed by atoms with Gasteiger partial charge in [0, 0.05) is 17.0 Å². The summed E-state index contributed by atoms with van der Waals surface area (Å²) in [6.45, 7) is 7.84. The first-order chi connectivity index (χ1) is 15.1. The van der Waals surface area contributed by atoms with Gasteiger partial charge in [0.15, 0.2) is 22.1 Å². The van der Waals surface area contributed by atoms with Crippen molar-refractivity contribution in [3.8, 4) is 0 Å². The summed E-state index contributed by atoms with van der Waals surface area (Å²) in [5.74, 6) is 0.203. The van der Waals surface area contributed by atoms with E-state index in [9.17, 15) is 8.42 Å². The highest BCUT2D eigenvalue weighted by Crippen LogP contribution is 2.36. The van der Waals surface area contributed by atoms with Gasteiger partial charge in [0.1, 0.15) is 6.33 Å². The fourth-order valence-corrected chi connectivity index (χ4v) is 6.68. The van der Waals surface area contributed by atoms with Crippen LogP contribution < -0.4 is 10.5 Å². The van der Waals surface area contributed by atoms with Crippen molar-refractivity contribution in [3.05, 3.63) is 35.2 Å². The first kappa shape index (κ1) is 23.0. The minimum atomic E-state index is -3.49. The first-order valence-electron chi connectivity index (χ1n) is 10.9. The Morgan fingerprint density at radius 2 is 1.91 bits per heavy atom. The van der Waals surface area contributed by atoms with E-state index < -0.39 is 15.6 Å². The van der Waals surface area contributed by atoms with E-state index in [4.69, 9.17) is 10.7 Å². The molecule has 4 rings (SSSR count). The van der Waals surface area contributed by atoms with Gasteiger partial charge in [-0.1, -0.05) is 24.8 Å². The van der Waals surface area contributed by atoms with Crippen LogP contribution in [0.2, 0.25) is 0 Å². The van der Waals surface area contributed by atoms with Gasteiger partial charge in [-0.3, -0.25) is 0 Å². The number of nitrogens with one attached hydrogen (secondary N) is 1. The number of fused-ring (bicyclic) bond motifs is 2. The Labute approximate surface area is 193 Å². The highest BCUT2D eigenvalue weighted by molar-refractivity contribution is 7.99. The van der Waals surface area contributed by atoms with Crippen LogP contribution in [-0.2, 0) is 35.8 Å². The van der Waals surface area contributed by atoms with Crippen molar-refractivity contribution in [3.63, 3.8) is 0 Å². The minimum Gasteiger partial charge on any atom is -0.382 e. The lowest BCUT2D eigenvalue weighted by molar-refractivity contribution is 0.488. The monoisotopic (exact) mass is 474 g/mol. The van der Waals surface area contributed by atoms with E-state index in [0.717, 1.165) is 24.2 Å². The molecular formula is C22H30N6O2S2. The molecule has 0 spiro atoms. The number of hydrogen-bond donors (Lipinski definition) is 2. The van der Waals surface area contributed by atoms with Gasteiger partial charge in [-0.15, -0.1) is 0 Å². The van der Waals surface area contributed by atoms with E-state index in [2.05, 4.69) is 33.7 Å². The average Bonchev–Trinajstić information content (AvgIpc) is 3.28. The number of aromatic nitrogens is 4. The highest BCUT2D eigenvalue weighted by Gasteiger charge is 2.23. The third kappa shape index (κ3) is 4.92. The number of sulfonamides is 1.